The molecule has 1 N–H and O–H groups in total. The maximum Gasteiger partial charge on any atom is 0.224 e. The van der Waals surface area contributed by atoms with E-state index in [0.717, 1.165) is 18.6 Å². The maximum atomic E-state index is 13.4. The Kier molecular flexibility index (Phi) is 4.31. The Labute approximate surface area is 165 Å². The number of amides is 1. The second-order valence-corrected chi connectivity index (χ2v) is 7.99. The van der Waals surface area contributed by atoms with Gasteiger partial charge in [0.2, 0.25) is 5.91 Å². The first kappa shape index (κ1) is 17.3. The van der Waals surface area contributed by atoms with E-state index in [4.69, 9.17) is 4.42 Å². The van der Waals surface area contributed by atoms with Crippen LogP contribution in [0.4, 0.5) is 0 Å². The molecule has 0 fully saturated rings. The minimum absolute atomic E-state index is 0.0373. The Bertz CT molecular complexity index is 944. The van der Waals surface area contributed by atoms with Gasteiger partial charge in [0.15, 0.2) is 0 Å². The normalized spacial score (nSPS) is 24.5. The molecule has 0 saturated heterocycles. The van der Waals surface area contributed by atoms with Gasteiger partial charge < -0.3 is 9.73 Å². The van der Waals surface area contributed by atoms with Crippen molar-refractivity contribution in [2.45, 2.75) is 38.1 Å². The lowest BCUT2D eigenvalue weighted by atomic mass is 9.53. The van der Waals surface area contributed by atoms with Crippen LogP contribution in [-0.4, -0.2) is 5.91 Å². The van der Waals surface area contributed by atoms with E-state index in [0.29, 0.717) is 18.4 Å². The predicted octanol–water partition coefficient (Wildman–Crippen LogP) is 5.22. The Morgan fingerprint density at radius 3 is 2.04 bits per heavy atom. The molecule has 2 bridgehead atoms. The Morgan fingerprint density at radius 1 is 0.893 bits per heavy atom. The number of carbonyl (C=O) groups is 1. The molecule has 1 aromatic heterocycles. The predicted molar refractivity (Wildman–Crippen MR) is 109 cm³/mol. The van der Waals surface area contributed by atoms with Gasteiger partial charge in [-0.3, -0.25) is 4.79 Å². The summed E-state index contributed by atoms with van der Waals surface area (Å²) in [5.74, 6) is 1.67. The third-order valence-electron chi connectivity index (χ3n) is 6.52. The smallest absolute Gasteiger partial charge is 0.224 e. The summed E-state index contributed by atoms with van der Waals surface area (Å²) in [6.45, 7) is 2.67. The van der Waals surface area contributed by atoms with Crippen molar-refractivity contribution in [2.24, 2.45) is 11.8 Å². The fraction of sp³-hybridized carbons (Fsp3) is 0.320. The number of fused-ring (bicyclic) bond motifs is 1. The summed E-state index contributed by atoms with van der Waals surface area (Å²) in [7, 11) is 0. The monoisotopic (exact) mass is 371 g/mol. The third kappa shape index (κ3) is 2.61. The van der Waals surface area contributed by atoms with Gasteiger partial charge in [-0.25, -0.2) is 0 Å². The topological polar surface area (TPSA) is 42.2 Å². The lowest BCUT2D eigenvalue weighted by Gasteiger charge is -2.50. The molecule has 3 aromatic rings. The van der Waals surface area contributed by atoms with E-state index in [1.165, 1.54) is 22.3 Å². The van der Waals surface area contributed by atoms with Gasteiger partial charge >= 0.3 is 0 Å². The molecule has 3 heteroatoms. The Morgan fingerprint density at radius 2 is 1.50 bits per heavy atom. The van der Waals surface area contributed by atoms with Crippen molar-refractivity contribution in [1.82, 2.24) is 5.32 Å². The average Bonchev–Trinajstić information content (AvgIpc) is 3.26. The molecule has 3 nitrogen and oxygen atoms in total. The van der Waals surface area contributed by atoms with Gasteiger partial charge in [-0.05, 0) is 46.7 Å². The summed E-state index contributed by atoms with van der Waals surface area (Å²) in [5.41, 5.74) is 5.49. The molecule has 0 unspecified atom stereocenters. The summed E-state index contributed by atoms with van der Waals surface area (Å²) in [6.07, 6.45) is 3.79. The molecule has 2 aromatic carbocycles. The van der Waals surface area contributed by atoms with Crippen LogP contribution in [0.25, 0.3) is 0 Å². The van der Waals surface area contributed by atoms with E-state index in [1.54, 1.807) is 6.26 Å². The Hall–Kier alpha value is -2.81. The zero-order valence-electron chi connectivity index (χ0n) is 16.1. The van der Waals surface area contributed by atoms with Crippen molar-refractivity contribution in [3.63, 3.8) is 0 Å². The maximum absolute atomic E-state index is 13.4. The van der Waals surface area contributed by atoms with E-state index in [9.17, 15) is 4.79 Å². The van der Waals surface area contributed by atoms with Crippen molar-refractivity contribution in [1.29, 1.82) is 0 Å². The zero-order chi connectivity index (χ0) is 19.1. The molecule has 1 amide bonds. The van der Waals surface area contributed by atoms with E-state index in [1.807, 2.05) is 12.1 Å². The number of furan rings is 1. The molecule has 142 valence electrons. The van der Waals surface area contributed by atoms with Gasteiger partial charge in [-0.1, -0.05) is 61.9 Å². The van der Waals surface area contributed by atoms with Gasteiger partial charge in [-0.2, -0.15) is 0 Å². The zero-order valence-corrected chi connectivity index (χ0v) is 16.1. The minimum Gasteiger partial charge on any atom is -0.467 e. The van der Waals surface area contributed by atoms with Crippen LogP contribution < -0.4 is 5.32 Å². The quantitative estimate of drug-likeness (QED) is 0.668. The van der Waals surface area contributed by atoms with Gasteiger partial charge in [0.05, 0.1) is 18.7 Å². The van der Waals surface area contributed by atoms with Crippen molar-refractivity contribution < 1.29 is 9.21 Å². The van der Waals surface area contributed by atoms with E-state index >= 15 is 0 Å². The van der Waals surface area contributed by atoms with Crippen molar-refractivity contribution in [3.8, 4) is 0 Å². The average molecular weight is 371 g/mol. The lowest BCUT2D eigenvalue weighted by molar-refractivity contribution is -0.128. The molecule has 2 atom stereocenters. The first-order chi connectivity index (χ1) is 13.8. The fourth-order valence-electron chi connectivity index (χ4n) is 5.52. The van der Waals surface area contributed by atoms with Crippen LogP contribution in [0, 0.1) is 11.8 Å². The van der Waals surface area contributed by atoms with Crippen LogP contribution in [0.15, 0.2) is 71.3 Å². The molecule has 0 spiro atoms. The summed E-state index contributed by atoms with van der Waals surface area (Å²) in [6, 6.07) is 21.2. The molecular weight excluding hydrogens is 346 g/mol. The Balaban J connectivity index is 1.57. The minimum atomic E-state index is -0.0373. The number of hydrogen-bond acceptors (Lipinski definition) is 2. The highest BCUT2D eigenvalue weighted by Gasteiger charge is 2.51. The van der Waals surface area contributed by atoms with E-state index in [-0.39, 0.29) is 17.7 Å². The highest BCUT2D eigenvalue weighted by atomic mass is 16.3. The first-order valence-corrected chi connectivity index (χ1v) is 10.3. The molecule has 0 radical (unpaired) electrons. The fourth-order valence-corrected chi connectivity index (χ4v) is 5.52. The van der Waals surface area contributed by atoms with Gasteiger partial charge in [0, 0.05) is 11.8 Å². The SMILES string of the molecule is CCC[C@@H]1C2c3ccccc3C(c3ccccc32)[C@H]1C(=O)NCc1ccco1. The summed E-state index contributed by atoms with van der Waals surface area (Å²) >= 11 is 0. The largest absolute Gasteiger partial charge is 0.467 e. The summed E-state index contributed by atoms with van der Waals surface area (Å²) in [4.78, 5) is 13.4. The molecule has 6 rings (SSSR count). The van der Waals surface area contributed by atoms with Crippen LogP contribution in [0.3, 0.4) is 0 Å². The van der Waals surface area contributed by atoms with Crippen LogP contribution in [0.2, 0.25) is 0 Å². The van der Waals surface area contributed by atoms with Crippen LogP contribution >= 0.6 is 0 Å². The standard InChI is InChI=1S/C25H25NO2/c1-2-8-21-22-17-10-3-5-12-19(17)23(20-13-6-4-11-18(20)22)24(21)25(27)26-15-16-9-7-14-28-16/h3-7,9-14,21-24H,2,8,15H2,1H3,(H,26,27)/t21-,22?,23?,24+/m1/s1. The second-order valence-electron chi connectivity index (χ2n) is 7.99. The van der Waals surface area contributed by atoms with Crippen molar-refractivity contribution in [3.05, 3.63) is 94.9 Å². The van der Waals surface area contributed by atoms with Crippen LogP contribution in [0.1, 0.15) is 59.6 Å². The number of rotatable bonds is 5. The number of hydrogen-bond donors (Lipinski definition) is 1. The van der Waals surface area contributed by atoms with Crippen LogP contribution in [0.5, 0.6) is 0 Å². The van der Waals surface area contributed by atoms with Gasteiger partial charge in [0.25, 0.3) is 0 Å². The molecular formula is C25H25NO2. The molecule has 0 aliphatic heterocycles. The van der Waals surface area contributed by atoms with Gasteiger partial charge in [0.1, 0.15) is 5.76 Å². The highest BCUT2D eigenvalue weighted by Crippen LogP contribution is 2.59. The van der Waals surface area contributed by atoms with Crippen LogP contribution in [-0.2, 0) is 11.3 Å². The second kappa shape index (κ2) is 6.97. The van der Waals surface area contributed by atoms with Crippen molar-refractivity contribution in [2.75, 3.05) is 0 Å². The van der Waals surface area contributed by atoms with Crippen molar-refractivity contribution >= 4 is 5.91 Å². The van der Waals surface area contributed by atoms with Gasteiger partial charge in [-0.15, -0.1) is 0 Å². The molecule has 3 aliphatic carbocycles. The number of nitrogens with one attached hydrogen (secondary N) is 1. The molecule has 1 heterocycles. The van der Waals surface area contributed by atoms with E-state index in [2.05, 4.69) is 60.8 Å². The number of carbonyl (C=O) groups excluding carboxylic acids is 1. The third-order valence-corrected chi connectivity index (χ3v) is 6.52. The summed E-state index contributed by atoms with van der Waals surface area (Å²) < 4.78 is 5.41. The number of benzene rings is 2. The van der Waals surface area contributed by atoms with E-state index < -0.39 is 0 Å². The first-order valence-electron chi connectivity index (χ1n) is 10.3. The summed E-state index contributed by atoms with van der Waals surface area (Å²) in [5, 5.41) is 3.16. The lowest BCUT2D eigenvalue weighted by Crippen LogP contribution is -2.47. The molecule has 0 saturated carbocycles. The highest BCUT2D eigenvalue weighted by molar-refractivity contribution is 5.83. The molecule has 3 aliphatic rings. The molecule has 28 heavy (non-hydrogen) atoms.